The van der Waals surface area contributed by atoms with Gasteiger partial charge in [-0.3, -0.25) is 0 Å². The standard InChI is InChI=1S/C14H16N2O/c1-3-9-4-5-10-11-7-17-8(2)13(11)14(15)16-12(10)6-9/h4-6,8H,3,7H2,1-2H3,(H2,15,16). The molecule has 1 unspecified atom stereocenters. The summed E-state index contributed by atoms with van der Waals surface area (Å²) in [5, 5.41) is 1.18. The van der Waals surface area contributed by atoms with Crippen molar-refractivity contribution in [3.05, 3.63) is 34.9 Å². The highest BCUT2D eigenvalue weighted by atomic mass is 16.5. The van der Waals surface area contributed by atoms with Crippen LogP contribution < -0.4 is 5.73 Å². The van der Waals surface area contributed by atoms with Crippen molar-refractivity contribution < 1.29 is 4.74 Å². The first-order valence-corrected chi connectivity index (χ1v) is 6.03. The topological polar surface area (TPSA) is 48.1 Å². The van der Waals surface area contributed by atoms with Gasteiger partial charge in [0.05, 0.1) is 18.2 Å². The van der Waals surface area contributed by atoms with Gasteiger partial charge in [0.25, 0.3) is 0 Å². The molecule has 0 fully saturated rings. The lowest BCUT2D eigenvalue weighted by atomic mass is 10.0. The summed E-state index contributed by atoms with van der Waals surface area (Å²) in [6, 6.07) is 6.42. The number of nitrogens with zero attached hydrogens (tertiary/aromatic N) is 1. The van der Waals surface area contributed by atoms with Crippen LogP contribution in [0.4, 0.5) is 5.82 Å². The number of benzene rings is 1. The highest BCUT2D eigenvalue weighted by Gasteiger charge is 2.25. The van der Waals surface area contributed by atoms with E-state index in [1.165, 1.54) is 16.5 Å². The molecule has 3 heteroatoms. The van der Waals surface area contributed by atoms with Crippen LogP contribution in [-0.2, 0) is 17.8 Å². The molecule has 1 aliphatic rings. The fraction of sp³-hybridized carbons (Fsp3) is 0.357. The van der Waals surface area contributed by atoms with Crippen molar-refractivity contribution >= 4 is 16.7 Å². The van der Waals surface area contributed by atoms with Crippen LogP contribution in [0.2, 0.25) is 0 Å². The number of hydrogen-bond acceptors (Lipinski definition) is 3. The number of aryl methyl sites for hydroxylation is 1. The molecule has 1 atom stereocenters. The van der Waals surface area contributed by atoms with Crippen LogP contribution in [0.3, 0.4) is 0 Å². The van der Waals surface area contributed by atoms with E-state index >= 15 is 0 Å². The van der Waals surface area contributed by atoms with E-state index in [2.05, 4.69) is 30.1 Å². The molecule has 0 aliphatic carbocycles. The van der Waals surface area contributed by atoms with Crippen LogP contribution >= 0.6 is 0 Å². The molecular weight excluding hydrogens is 212 g/mol. The molecule has 3 nitrogen and oxygen atoms in total. The van der Waals surface area contributed by atoms with Crippen molar-refractivity contribution in [2.75, 3.05) is 5.73 Å². The molecule has 0 saturated carbocycles. The van der Waals surface area contributed by atoms with E-state index in [4.69, 9.17) is 10.5 Å². The number of rotatable bonds is 1. The summed E-state index contributed by atoms with van der Waals surface area (Å²) in [6.07, 6.45) is 1.08. The van der Waals surface area contributed by atoms with Crippen molar-refractivity contribution in [3.8, 4) is 0 Å². The third kappa shape index (κ3) is 1.50. The van der Waals surface area contributed by atoms with Gasteiger partial charge in [0.15, 0.2) is 0 Å². The zero-order valence-electron chi connectivity index (χ0n) is 10.2. The van der Waals surface area contributed by atoms with E-state index in [0.29, 0.717) is 12.4 Å². The minimum absolute atomic E-state index is 0.0627. The number of anilines is 1. The molecule has 2 heterocycles. The highest BCUT2D eigenvalue weighted by Crippen LogP contribution is 2.37. The van der Waals surface area contributed by atoms with E-state index in [1.807, 2.05) is 6.92 Å². The molecule has 0 radical (unpaired) electrons. The van der Waals surface area contributed by atoms with Gasteiger partial charge in [-0.25, -0.2) is 4.98 Å². The molecule has 0 bridgehead atoms. The number of ether oxygens (including phenoxy) is 1. The van der Waals surface area contributed by atoms with Gasteiger partial charge in [-0.15, -0.1) is 0 Å². The summed E-state index contributed by atoms with van der Waals surface area (Å²) in [4.78, 5) is 4.50. The van der Waals surface area contributed by atoms with Gasteiger partial charge in [0.1, 0.15) is 5.82 Å². The van der Waals surface area contributed by atoms with Gasteiger partial charge < -0.3 is 10.5 Å². The maximum atomic E-state index is 6.03. The zero-order chi connectivity index (χ0) is 12.0. The lowest BCUT2D eigenvalue weighted by molar-refractivity contribution is 0.0801. The van der Waals surface area contributed by atoms with Crippen LogP contribution in [0.5, 0.6) is 0 Å². The third-order valence-electron chi connectivity index (χ3n) is 3.52. The van der Waals surface area contributed by atoms with Gasteiger partial charge in [0.2, 0.25) is 0 Å². The molecule has 0 saturated heterocycles. The van der Waals surface area contributed by atoms with E-state index < -0.39 is 0 Å². The van der Waals surface area contributed by atoms with Crippen LogP contribution in [0.1, 0.15) is 36.6 Å². The molecule has 1 aromatic heterocycles. The second-order valence-electron chi connectivity index (χ2n) is 4.55. The monoisotopic (exact) mass is 228 g/mol. The SMILES string of the molecule is CCc1ccc2c3c(c(N)nc2c1)C(C)OC3. The van der Waals surface area contributed by atoms with Gasteiger partial charge in [-0.05, 0) is 30.5 Å². The number of hydrogen-bond donors (Lipinski definition) is 1. The first kappa shape index (κ1) is 10.5. The Morgan fingerprint density at radius 2 is 2.29 bits per heavy atom. The Kier molecular flexibility index (Phi) is 2.30. The Bertz CT molecular complexity index is 592. The van der Waals surface area contributed by atoms with Crippen LogP contribution in [-0.4, -0.2) is 4.98 Å². The minimum atomic E-state index is 0.0627. The smallest absolute Gasteiger partial charge is 0.130 e. The molecular formula is C14H16N2O. The van der Waals surface area contributed by atoms with Crippen molar-refractivity contribution in [1.82, 2.24) is 4.98 Å². The summed E-state index contributed by atoms with van der Waals surface area (Å²) in [5.74, 6) is 0.616. The highest BCUT2D eigenvalue weighted by molar-refractivity contribution is 5.86. The predicted octanol–water partition coefficient (Wildman–Crippen LogP) is 2.97. The Morgan fingerprint density at radius 1 is 1.47 bits per heavy atom. The number of pyridine rings is 1. The average Bonchev–Trinajstić information content (AvgIpc) is 2.71. The molecule has 2 aromatic rings. The third-order valence-corrected chi connectivity index (χ3v) is 3.52. The molecule has 17 heavy (non-hydrogen) atoms. The number of aromatic nitrogens is 1. The van der Waals surface area contributed by atoms with Crippen molar-refractivity contribution in [2.24, 2.45) is 0 Å². The van der Waals surface area contributed by atoms with Crippen LogP contribution in [0.15, 0.2) is 18.2 Å². The zero-order valence-corrected chi connectivity index (χ0v) is 10.2. The quantitative estimate of drug-likeness (QED) is 0.816. The van der Waals surface area contributed by atoms with E-state index in [0.717, 1.165) is 17.5 Å². The van der Waals surface area contributed by atoms with E-state index in [9.17, 15) is 0 Å². The molecule has 3 rings (SSSR count). The Balaban J connectivity index is 2.33. The molecule has 1 aromatic carbocycles. The van der Waals surface area contributed by atoms with Crippen molar-refractivity contribution in [1.29, 1.82) is 0 Å². The largest absolute Gasteiger partial charge is 0.383 e. The van der Waals surface area contributed by atoms with Gasteiger partial charge >= 0.3 is 0 Å². The molecule has 2 N–H and O–H groups in total. The van der Waals surface area contributed by atoms with Gasteiger partial charge in [-0.1, -0.05) is 19.1 Å². The summed E-state index contributed by atoms with van der Waals surface area (Å²) in [5.41, 5.74) is 10.6. The first-order chi connectivity index (χ1) is 8.20. The van der Waals surface area contributed by atoms with Crippen LogP contribution in [0.25, 0.3) is 10.9 Å². The van der Waals surface area contributed by atoms with E-state index in [1.54, 1.807) is 0 Å². The second-order valence-corrected chi connectivity index (χ2v) is 4.55. The number of fused-ring (bicyclic) bond motifs is 3. The number of nitrogen functional groups attached to an aromatic ring is 1. The summed E-state index contributed by atoms with van der Waals surface area (Å²) in [6.45, 7) is 4.81. The fourth-order valence-electron chi connectivity index (χ4n) is 2.54. The lowest BCUT2D eigenvalue weighted by Gasteiger charge is -2.09. The van der Waals surface area contributed by atoms with Crippen molar-refractivity contribution in [3.63, 3.8) is 0 Å². The second kappa shape index (κ2) is 3.70. The average molecular weight is 228 g/mol. The summed E-state index contributed by atoms with van der Waals surface area (Å²) in [7, 11) is 0. The van der Waals surface area contributed by atoms with Gasteiger partial charge in [0, 0.05) is 10.9 Å². The molecule has 88 valence electrons. The maximum absolute atomic E-state index is 6.03. The molecule has 1 aliphatic heterocycles. The number of nitrogens with two attached hydrogens (primary N) is 1. The Morgan fingerprint density at radius 3 is 3.06 bits per heavy atom. The maximum Gasteiger partial charge on any atom is 0.130 e. The lowest BCUT2D eigenvalue weighted by Crippen LogP contribution is -2.01. The predicted molar refractivity (Wildman–Crippen MR) is 68.7 cm³/mol. The first-order valence-electron chi connectivity index (χ1n) is 6.03. The summed E-state index contributed by atoms with van der Waals surface area (Å²) >= 11 is 0. The van der Waals surface area contributed by atoms with E-state index in [-0.39, 0.29) is 6.10 Å². The normalized spacial score (nSPS) is 18.6. The fourth-order valence-corrected chi connectivity index (χ4v) is 2.54. The summed E-state index contributed by atoms with van der Waals surface area (Å²) < 4.78 is 5.65. The van der Waals surface area contributed by atoms with Gasteiger partial charge in [-0.2, -0.15) is 0 Å². The van der Waals surface area contributed by atoms with Crippen LogP contribution in [0, 0.1) is 0 Å². The van der Waals surface area contributed by atoms with Crippen molar-refractivity contribution in [2.45, 2.75) is 33.0 Å². The Labute approximate surface area is 101 Å². The molecule has 0 amide bonds. The Hall–Kier alpha value is -1.61. The molecule has 0 spiro atoms. The minimum Gasteiger partial charge on any atom is -0.383 e.